The lowest BCUT2D eigenvalue weighted by Crippen LogP contribution is -2.65. The normalized spacial score (nSPS) is 24.1. The average Bonchev–Trinajstić information content (AvgIpc) is 3.95. The van der Waals surface area contributed by atoms with Crippen LogP contribution in [0.15, 0.2) is 158 Å². The van der Waals surface area contributed by atoms with E-state index in [-0.39, 0.29) is 44.9 Å². The van der Waals surface area contributed by atoms with Crippen LogP contribution in [-0.2, 0) is 27.1 Å². The van der Waals surface area contributed by atoms with Crippen LogP contribution in [0.3, 0.4) is 0 Å². The van der Waals surface area contributed by atoms with Crippen LogP contribution in [0.4, 0.5) is 39.8 Å². The SMILES string of the molecule is CC(C)(C)c1ccc2c(c1)B1c3cc(C(C)(C)C)cc4c3N(c3cc(N5c6ccccc6C6(c7ccccc7)CCCCC56C)cc(c31)N2c1ccc(C(C)(C)C)cc1-c1ccc2ccccc2c1)C1(C)CCCCC41C. The van der Waals surface area contributed by atoms with Gasteiger partial charge in [0.05, 0.1) is 16.8 Å². The van der Waals surface area contributed by atoms with Crippen LogP contribution in [0, 0.1) is 0 Å². The quantitative estimate of drug-likeness (QED) is 0.163. The molecule has 0 bridgehead atoms. The zero-order chi connectivity index (χ0) is 53.4. The van der Waals surface area contributed by atoms with Gasteiger partial charge in [-0.25, -0.2) is 0 Å². The van der Waals surface area contributed by atoms with Crippen molar-refractivity contribution in [2.75, 3.05) is 14.7 Å². The second-order valence-electron chi connectivity index (χ2n) is 28.2. The zero-order valence-corrected chi connectivity index (χ0v) is 48.1. The lowest BCUT2D eigenvalue weighted by atomic mass is 9.33. The van der Waals surface area contributed by atoms with E-state index in [0.29, 0.717) is 0 Å². The number of hydrogen-bond donors (Lipinski definition) is 0. The molecule has 0 amide bonds. The van der Waals surface area contributed by atoms with E-state index in [1.165, 1.54) is 138 Å². The van der Waals surface area contributed by atoms with E-state index < -0.39 is 0 Å². The number of benzene rings is 8. The second-order valence-corrected chi connectivity index (χ2v) is 28.2. The van der Waals surface area contributed by atoms with Crippen LogP contribution >= 0.6 is 0 Å². The van der Waals surface area contributed by atoms with Crippen LogP contribution in [0.5, 0.6) is 0 Å². The topological polar surface area (TPSA) is 9.72 Å². The highest BCUT2D eigenvalue weighted by Crippen LogP contribution is 2.66. The molecule has 0 spiro atoms. The summed E-state index contributed by atoms with van der Waals surface area (Å²) in [5.41, 5.74) is 24.2. The predicted octanol–water partition coefficient (Wildman–Crippen LogP) is 17.5. The predicted molar refractivity (Wildman–Crippen MR) is 330 cm³/mol. The van der Waals surface area contributed by atoms with Crippen molar-refractivity contribution >= 4 is 73.7 Å². The monoisotopic (exact) mass is 1010 g/mol. The molecule has 2 fully saturated rings. The van der Waals surface area contributed by atoms with Gasteiger partial charge in [0, 0.05) is 50.5 Å². The molecule has 388 valence electrons. The van der Waals surface area contributed by atoms with E-state index in [9.17, 15) is 0 Å². The summed E-state index contributed by atoms with van der Waals surface area (Å²) >= 11 is 0. The summed E-state index contributed by atoms with van der Waals surface area (Å²) in [6, 6.07) is 63.0. The number of nitrogens with zero attached hydrogens (tertiary/aromatic N) is 3. The minimum absolute atomic E-state index is 0.0276. The first kappa shape index (κ1) is 48.8. The van der Waals surface area contributed by atoms with Gasteiger partial charge in [0.1, 0.15) is 0 Å². The Morgan fingerprint density at radius 3 is 1.78 bits per heavy atom. The minimum atomic E-state index is -0.228. The molecule has 4 unspecified atom stereocenters. The number of fused-ring (bicyclic) bond motifs is 11. The Morgan fingerprint density at radius 2 is 1.04 bits per heavy atom. The van der Waals surface area contributed by atoms with E-state index in [1.807, 2.05) is 0 Å². The maximum absolute atomic E-state index is 2.97. The molecule has 2 saturated carbocycles. The highest BCUT2D eigenvalue weighted by molar-refractivity contribution is 7.00. The molecule has 0 saturated heterocycles. The van der Waals surface area contributed by atoms with Crippen LogP contribution < -0.4 is 31.1 Å². The number of anilines is 7. The van der Waals surface area contributed by atoms with E-state index in [2.05, 4.69) is 256 Å². The van der Waals surface area contributed by atoms with Crippen LogP contribution in [0.2, 0.25) is 0 Å². The van der Waals surface area contributed by atoms with Crippen LogP contribution in [0.1, 0.15) is 168 Å². The van der Waals surface area contributed by atoms with Gasteiger partial charge < -0.3 is 14.7 Å². The third kappa shape index (κ3) is 6.63. The Kier molecular flexibility index (Phi) is 10.3. The van der Waals surface area contributed by atoms with Gasteiger partial charge in [-0.3, -0.25) is 0 Å². The molecule has 3 nitrogen and oxygen atoms in total. The summed E-state index contributed by atoms with van der Waals surface area (Å²) in [6.45, 7) is 29.6. The third-order valence-corrected chi connectivity index (χ3v) is 20.9. The van der Waals surface area contributed by atoms with Crippen molar-refractivity contribution < 1.29 is 0 Å². The van der Waals surface area contributed by atoms with E-state index in [4.69, 9.17) is 0 Å². The molecule has 77 heavy (non-hydrogen) atoms. The average molecular weight is 1010 g/mol. The van der Waals surface area contributed by atoms with E-state index >= 15 is 0 Å². The number of hydrogen-bond acceptors (Lipinski definition) is 3. The van der Waals surface area contributed by atoms with Crippen LogP contribution in [0.25, 0.3) is 21.9 Å². The van der Waals surface area contributed by atoms with Crippen molar-refractivity contribution in [1.82, 2.24) is 0 Å². The summed E-state index contributed by atoms with van der Waals surface area (Å²) in [5, 5.41) is 2.53. The first-order valence-electron chi connectivity index (χ1n) is 29.4. The van der Waals surface area contributed by atoms with Gasteiger partial charge >= 0.3 is 0 Å². The lowest BCUT2D eigenvalue weighted by molar-refractivity contribution is 0.195. The molecule has 8 aromatic rings. The number of rotatable bonds is 4. The maximum atomic E-state index is 2.97. The van der Waals surface area contributed by atoms with E-state index in [1.54, 1.807) is 5.56 Å². The Morgan fingerprint density at radius 1 is 0.429 bits per heavy atom. The summed E-state index contributed by atoms with van der Waals surface area (Å²) in [4.78, 5) is 8.61. The first-order chi connectivity index (χ1) is 36.7. The minimum Gasteiger partial charge on any atom is -0.335 e. The standard InChI is InChI=1S/C73H78BN3/c1-67(2,3)51-32-34-60(55(41-51)49-31-30-47-24-16-17-25-48(47)40-49)75-62-35-33-52(68(4,5)6)43-58(62)74-59-44-53(69(7,8)9)42-57-66(59)77(71(11)37-21-20-36-70(57,71)10)64-46-54(45-63(75)65(64)74)76-61-29-19-18-28-56(61)73(50-26-14-13-15-27-50)39-23-22-38-72(73,76)12/h13-19,24-35,40-46H,20-23,36-39H2,1-12H3. The fourth-order valence-electron chi connectivity index (χ4n) is 16.5. The largest absolute Gasteiger partial charge is 0.335 e. The Hall–Kier alpha value is -6.52. The molecular formula is C73H78BN3. The van der Waals surface area contributed by atoms with Gasteiger partial charge in [-0.05, 0) is 164 Å². The molecular weight excluding hydrogens is 930 g/mol. The van der Waals surface area contributed by atoms with Crippen LogP contribution in [-0.4, -0.2) is 17.8 Å². The molecule has 6 aliphatic rings. The number of para-hydroxylation sites is 1. The molecule has 4 aliphatic heterocycles. The summed E-state index contributed by atoms with van der Waals surface area (Å²) < 4.78 is 0. The van der Waals surface area contributed by atoms with Crippen molar-refractivity contribution in [3.63, 3.8) is 0 Å². The highest BCUT2D eigenvalue weighted by Gasteiger charge is 2.64. The summed E-state index contributed by atoms with van der Waals surface area (Å²) in [6.07, 6.45) is 9.49. The fourth-order valence-corrected chi connectivity index (χ4v) is 16.5. The van der Waals surface area contributed by atoms with Crippen molar-refractivity contribution in [3.05, 3.63) is 191 Å². The van der Waals surface area contributed by atoms with Gasteiger partial charge in [0.15, 0.2) is 0 Å². The molecule has 0 radical (unpaired) electrons. The zero-order valence-electron chi connectivity index (χ0n) is 48.1. The Balaban J connectivity index is 1.14. The summed E-state index contributed by atoms with van der Waals surface area (Å²) in [5.74, 6) is 0. The Bertz CT molecular complexity index is 3750. The van der Waals surface area contributed by atoms with Gasteiger partial charge in [-0.15, -0.1) is 0 Å². The van der Waals surface area contributed by atoms with Crippen molar-refractivity contribution in [3.8, 4) is 11.1 Å². The molecule has 4 heteroatoms. The van der Waals surface area contributed by atoms with Crippen molar-refractivity contribution in [2.24, 2.45) is 0 Å². The maximum Gasteiger partial charge on any atom is 0.252 e. The van der Waals surface area contributed by atoms with Crippen molar-refractivity contribution in [1.29, 1.82) is 0 Å². The molecule has 14 rings (SSSR count). The molecule has 0 aromatic heterocycles. The molecule has 0 N–H and O–H groups in total. The molecule has 8 aromatic carbocycles. The van der Waals surface area contributed by atoms with E-state index in [0.717, 1.165) is 19.3 Å². The third-order valence-electron chi connectivity index (χ3n) is 20.9. The van der Waals surface area contributed by atoms with Gasteiger partial charge in [-0.2, -0.15) is 0 Å². The van der Waals surface area contributed by atoms with Crippen molar-refractivity contribution in [2.45, 2.75) is 173 Å². The first-order valence-corrected chi connectivity index (χ1v) is 29.4. The lowest BCUT2D eigenvalue weighted by Gasteiger charge is -2.54. The van der Waals surface area contributed by atoms with Gasteiger partial charge in [-0.1, -0.05) is 210 Å². The molecule has 4 heterocycles. The smallest absolute Gasteiger partial charge is 0.252 e. The van der Waals surface area contributed by atoms with Gasteiger partial charge in [0.25, 0.3) is 6.71 Å². The molecule has 4 atom stereocenters. The molecule has 2 aliphatic carbocycles. The van der Waals surface area contributed by atoms with Gasteiger partial charge in [0.2, 0.25) is 0 Å². The Labute approximate surface area is 460 Å². The summed E-state index contributed by atoms with van der Waals surface area (Å²) in [7, 11) is 0. The second kappa shape index (κ2) is 16.3. The highest BCUT2D eigenvalue weighted by atomic mass is 15.3. The fraction of sp³-hybridized carbons (Fsp3) is 0.370.